The Bertz CT molecular complexity index is 900. The standard InChI is InChI=1S/C18H13NO3/c1-12-16(7-4-8-17(12)19(21)22)18(20)15-10-9-13-5-2-3-6-14(13)11-15/h2-11H,1H3. The molecule has 3 aromatic rings. The number of hydrogen-bond donors (Lipinski definition) is 0. The number of rotatable bonds is 3. The molecule has 0 amide bonds. The van der Waals surface area contributed by atoms with E-state index in [1.165, 1.54) is 6.07 Å². The van der Waals surface area contributed by atoms with Gasteiger partial charge in [-0.15, -0.1) is 0 Å². The van der Waals surface area contributed by atoms with E-state index >= 15 is 0 Å². The Morgan fingerprint density at radius 1 is 0.955 bits per heavy atom. The van der Waals surface area contributed by atoms with Crippen molar-refractivity contribution in [2.45, 2.75) is 6.92 Å². The summed E-state index contributed by atoms with van der Waals surface area (Å²) >= 11 is 0. The zero-order valence-corrected chi connectivity index (χ0v) is 11.9. The van der Waals surface area contributed by atoms with Crippen LogP contribution in [0, 0.1) is 17.0 Å². The summed E-state index contributed by atoms with van der Waals surface area (Å²) in [7, 11) is 0. The molecule has 22 heavy (non-hydrogen) atoms. The van der Waals surface area contributed by atoms with Crippen LogP contribution in [0.15, 0.2) is 60.7 Å². The molecule has 0 aliphatic rings. The van der Waals surface area contributed by atoms with E-state index in [4.69, 9.17) is 0 Å². The summed E-state index contributed by atoms with van der Waals surface area (Å²) in [5.41, 5.74) is 1.25. The molecule has 0 atom stereocenters. The molecule has 0 unspecified atom stereocenters. The quantitative estimate of drug-likeness (QED) is 0.411. The average molecular weight is 291 g/mol. The van der Waals surface area contributed by atoms with Crippen molar-refractivity contribution in [1.82, 2.24) is 0 Å². The third kappa shape index (κ3) is 2.35. The van der Waals surface area contributed by atoms with E-state index in [1.54, 1.807) is 25.1 Å². The molecule has 0 aliphatic heterocycles. The lowest BCUT2D eigenvalue weighted by Gasteiger charge is -2.07. The summed E-state index contributed by atoms with van der Waals surface area (Å²) in [6.07, 6.45) is 0. The van der Waals surface area contributed by atoms with Gasteiger partial charge in [0.1, 0.15) is 0 Å². The van der Waals surface area contributed by atoms with Gasteiger partial charge < -0.3 is 0 Å². The Labute approximate surface area is 127 Å². The van der Waals surface area contributed by atoms with Crippen LogP contribution in [0.4, 0.5) is 5.69 Å². The fourth-order valence-electron chi connectivity index (χ4n) is 2.55. The SMILES string of the molecule is Cc1c(C(=O)c2ccc3ccccc3c2)cccc1[N+](=O)[O-]. The third-order valence-electron chi connectivity index (χ3n) is 3.76. The van der Waals surface area contributed by atoms with Crippen molar-refractivity contribution in [1.29, 1.82) is 0 Å². The molecule has 0 bridgehead atoms. The number of hydrogen-bond acceptors (Lipinski definition) is 3. The van der Waals surface area contributed by atoms with E-state index in [0.717, 1.165) is 10.8 Å². The van der Waals surface area contributed by atoms with Gasteiger partial charge in [-0.25, -0.2) is 0 Å². The lowest BCUT2D eigenvalue weighted by molar-refractivity contribution is -0.385. The summed E-state index contributed by atoms with van der Waals surface area (Å²) in [6.45, 7) is 1.60. The number of benzene rings is 3. The predicted octanol–water partition coefficient (Wildman–Crippen LogP) is 4.29. The molecular weight excluding hydrogens is 278 g/mol. The van der Waals surface area contributed by atoms with E-state index in [0.29, 0.717) is 16.7 Å². The van der Waals surface area contributed by atoms with Gasteiger partial charge in [0.15, 0.2) is 5.78 Å². The van der Waals surface area contributed by atoms with Gasteiger partial charge in [0.25, 0.3) is 5.69 Å². The van der Waals surface area contributed by atoms with Crippen molar-refractivity contribution in [3.63, 3.8) is 0 Å². The minimum atomic E-state index is -0.466. The van der Waals surface area contributed by atoms with Gasteiger partial charge in [0.2, 0.25) is 0 Å². The molecule has 3 rings (SSSR count). The van der Waals surface area contributed by atoms with Gasteiger partial charge >= 0.3 is 0 Å². The van der Waals surface area contributed by atoms with Crippen molar-refractivity contribution in [2.75, 3.05) is 0 Å². The molecule has 0 radical (unpaired) electrons. The fourth-order valence-corrected chi connectivity index (χ4v) is 2.55. The molecular formula is C18H13NO3. The highest BCUT2D eigenvalue weighted by atomic mass is 16.6. The second kappa shape index (κ2) is 5.41. The van der Waals surface area contributed by atoms with E-state index in [-0.39, 0.29) is 11.5 Å². The molecule has 108 valence electrons. The topological polar surface area (TPSA) is 60.2 Å². The van der Waals surface area contributed by atoms with E-state index < -0.39 is 4.92 Å². The van der Waals surface area contributed by atoms with E-state index in [2.05, 4.69) is 0 Å². The highest BCUT2D eigenvalue weighted by molar-refractivity contribution is 6.11. The molecule has 4 heteroatoms. The van der Waals surface area contributed by atoms with Crippen LogP contribution in [0.1, 0.15) is 21.5 Å². The van der Waals surface area contributed by atoms with Crippen molar-refractivity contribution in [3.8, 4) is 0 Å². The van der Waals surface area contributed by atoms with Gasteiger partial charge in [-0.2, -0.15) is 0 Å². The summed E-state index contributed by atoms with van der Waals surface area (Å²) in [5.74, 6) is -0.202. The fraction of sp³-hybridized carbons (Fsp3) is 0.0556. The van der Waals surface area contributed by atoms with Gasteiger partial charge in [0.05, 0.1) is 4.92 Å². The summed E-state index contributed by atoms with van der Waals surface area (Å²) in [6, 6.07) is 17.8. The number of fused-ring (bicyclic) bond motifs is 1. The highest BCUT2D eigenvalue weighted by Gasteiger charge is 2.19. The molecule has 0 N–H and O–H groups in total. The number of nitrogens with zero attached hydrogens (tertiary/aromatic N) is 1. The molecule has 0 saturated heterocycles. The first-order chi connectivity index (χ1) is 10.6. The molecule has 0 heterocycles. The normalized spacial score (nSPS) is 10.6. The van der Waals surface area contributed by atoms with Crippen LogP contribution in [-0.2, 0) is 0 Å². The minimum absolute atomic E-state index is 0.0355. The second-order valence-corrected chi connectivity index (χ2v) is 5.10. The molecule has 0 fully saturated rings. The van der Waals surface area contributed by atoms with Crippen LogP contribution in [-0.4, -0.2) is 10.7 Å². The number of nitro groups is 1. The number of ketones is 1. The average Bonchev–Trinajstić information content (AvgIpc) is 2.53. The van der Waals surface area contributed by atoms with Crippen LogP contribution < -0.4 is 0 Å². The van der Waals surface area contributed by atoms with Gasteiger partial charge in [-0.1, -0.05) is 48.5 Å². The molecule has 0 saturated carbocycles. The Morgan fingerprint density at radius 3 is 2.41 bits per heavy atom. The van der Waals surface area contributed by atoms with Crippen molar-refractivity contribution < 1.29 is 9.72 Å². The molecule has 0 aliphatic carbocycles. The van der Waals surface area contributed by atoms with Crippen LogP contribution in [0.5, 0.6) is 0 Å². The minimum Gasteiger partial charge on any atom is -0.289 e. The maximum Gasteiger partial charge on any atom is 0.273 e. The maximum atomic E-state index is 12.7. The number of carbonyl (C=O) groups excluding carboxylic acids is 1. The molecule has 3 aromatic carbocycles. The zero-order valence-electron chi connectivity index (χ0n) is 11.9. The van der Waals surface area contributed by atoms with Gasteiger partial charge in [-0.3, -0.25) is 14.9 Å². The highest BCUT2D eigenvalue weighted by Crippen LogP contribution is 2.24. The Kier molecular flexibility index (Phi) is 3.43. The van der Waals surface area contributed by atoms with Crippen LogP contribution >= 0.6 is 0 Å². The monoisotopic (exact) mass is 291 g/mol. The molecule has 0 aromatic heterocycles. The molecule has 4 nitrogen and oxygen atoms in total. The first kappa shape index (κ1) is 13.9. The third-order valence-corrected chi connectivity index (χ3v) is 3.76. The Balaban J connectivity index is 2.10. The lowest BCUT2D eigenvalue weighted by atomic mass is 9.96. The van der Waals surface area contributed by atoms with Gasteiger partial charge in [0, 0.05) is 22.8 Å². The van der Waals surface area contributed by atoms with Gasteiger partial charge in [-0.05, 0) is 23.8 Å². The van der Waals surface area contributed by atoms with Crippen molar-refractivity contribution in [2.24, 2.45) is 0 Å². The first-order valence-electron chi connectivity index (χ1n) is 6.85. The predicted molar refractivity (Wildman–Crippen MR) is 85.2 cm³/mol. The summed E-state index contributed by atoms with van der Waals surface area (Å²) < 4.78 is 0. The largest absolute Gasteiger partial charge is 0.289 e. The number of nitro benzene ring substituents is 1. The van der Waals surface area contributed by atoms with Crippen LogP contribution in [0.25, 0.3) is 10.8 Å². The van der Waals surface area contributed by atoms with Crippen molar-refractivity contribution in [3.05, 3.63) is 87.5 Å². The number of carbonyl (C=O) groups is 1. The summed E-state index contributed by atoms with van der Waals surface area (Å²) in [5, 5.41) is 13.0. The first-order valence-corrected chi connectivity index (χ1v) is 6.85. The second-order valence-electron chi connectivity index (χ2n) is 5.10. The smallest absolute Gasteiger partial charge is 0.273 e. The maximum absolute atomic E-state index is 12.7. The summed E-state index contributed by atoms with van der Waals surface area (Å²) in [4.78, 5) is 23.2. The van der Waals surface area contributed by atoms with E-state index in [9.17, 15) is 14.9 Å². The van der Waals surface area contributed by atoms with Crippen molar-refractivity contribution >= 4 is 22.2 Å². The lowest BCUT2D eigenvalue weighted by Crippen LogP contribution is -2.05. The van der Waals surface area contributed by atoms with Crippen LogP contribution in [0.3, 0.4) is 0 Å². The zero-order chi connectivity index (χ0) is 15.7. The van der Waals surface area contributed by atoms with E-state index in [1.807, 2.05) is 36.4 Å². The Morgan fingerprint density at radius 2 is 1.68 bits per heavy atom. The Hall–Kier alpha value is -3.01. The van der Waals surface area contributed by atoms with Crippen LogP contribution in [0.2, 0.25) is 0 Å². The molecule has 0 spiro atoms.